The molecule has 0 atom stereocenters. The van der Waals surface area contributed by atoms with Crippen LogP contribution in [0.5, 0.6) is 0 Å². The zero-order chi connectivity index (χ0) is 52.4. The number of fused-ring (bicyclic) bond motifs is 12. The van der Waals surface area contributed by atoms with Crippen molar-refractivity contribution in [2.24, 2.45) is 0 Å². The van der Waals surface area contributed by atoms with Gasteiger partial charge in [0.15, 0.2) is 0 Å². The molecule has 2 nitrogen and oxygen atoms in total. The molecule has 0 bridgehead atoms. The van der Waals surface area contributed by atoms with Gasteiger partial charge < -0.3 is 9.13 Å². The van der Waals surface area contributed by atoms with E-state index < -0.39 is 0 Å². The van der Waals surface area contributed by atoms with Crippen molar-refractivity contribution in [2.45, 2.75) is 0 Å². The van der Waals surface area contributed by atoms with Crippen molar-refractivity contribution in [1.82, 2.24) is 9.13 Å². The van der Waals surface area contributed by atoms with E-state index >= 15 is 0 Å². The SMILES string of the molecule is c1ccc(-n2c3ccccc3c3ccc(-c4c5ccccc5c(-c5ccc(-c6cccc7c6c6ccccc6n7-c6c7ccccc7c(-c7cccc8ccccc78)c7ccccc67)c6ccccc56)c5ccccc45)cc32)cc1. The predicted molar refractivity (Wildman–Crippen MR) is 342 cm³/mol. The summed E-state index contributed by atoms with van der Waals surface area (Å²) >= 11 is 0. The van der Waals surface area contributed by atoms with Crippen LogP contribution in [-0.2, 0) is 0 Å². The second-order valence-corrected chi connectivity index (χ2v) is 21.4. The van der Waals surface area contributed by atoms with E-state index in [1.54, 1.807) is 0 Å². The summed E-state index contributed by atoms with van der Waals surface area (Å²) in [5, 5.41) is 19.8. The van der Waals surface area contributed by atoms with Crippen LogP contribution in [-0.4, -0.2) is 9.13 Å². The van der Waals surface area contributed by atoms with Gasteiger partial charge in [0.2, 0.25) is 0 Å². The van der Waals surface area contributed by atoms with Crippen LogP contribution in [0.25, 0.3) is 164 Å². The van der Waals surface area contributed by atoms with Crippen LogP contribution in [0.3, 0.4) is 0 Å². The maximum absolute atomic E-state index is 2.56. The average molecular weight is 1010 g/mol. The van der Waals surface area contributed by atoms with Gasteiger partial charge in [-0.25, -0.2) is 0 Å². The van der Waals surface area contributed by atoms with E-state index in [1.165, 1.54) is 158 Å². The normalized spacial score (nSPS) is 12.0. The molecule has 0 aliphatic heterocycles. The van der Waals surface area contributed by atoms with Gasteiger partial charge in [-0.2, -0.15) is 0 Å². The lowest BCUT2D eigenvalue weighted by molar-refractivity contribution is 1.18. The highest BCUT2D eigenvalue weighted by Crippen LogP contribution is 2.50. The van der Waals surface area contributed by atoms with Gasteiger partial charge in [-0.3, -0.25) is 0 Å². The summed E-state index contributed by atoms with van der Waals surface area (Å²) in [6, 6.07) is 108. The Morgan fingerprint density at radius 1 is 0.200 bits per heavy atom. The molecule has 80 heavy (non-hydrogen) atoms. The first kappa shape index (κ1) is 44.6. The van der Waals surface area contributed by atoms with Crippen molar-refractivity contribution in [3.8, 4) is 55.9 Å². The lowest BCUT2D eigenvalue weighted by Gasteiger charge is -2.20. The molecule has 0 aliphatic rings. The zero-order valence-electron chi connectivity index (χ0n) is 43.6. The molecular weight excluding hydrogens is 965 g/mol. The molecule has 2 heterocycles. The van der Waals surface area contributed by atoms with E-state index in [1.807, 2.05) is 0 Å². The highest BCUT2D eigenvalue weighted by molar-refractivity contribution is 6.27. The van der Waals surface area contributed by atoms with Crippen molar-refractivity contribution < 1.29 is 0 Å². The Bertz CT molecular complexity index is 5300. The van der Waals surface area contributed by atoms with E-state index in [9.17, 15) is 0 Å². The molecule has 0 aliphatic carbocycles. The summed E-state index contributed by atoms with van der Waals surface area (Å²) in [6.07, 6.45) is 0. The third-order valence-corrected chi connectivity index (χ3v) is 17.3. The van der Waals surface area contributed by atoms with Gasteiger partial charge in [0.05, 0.1) is 27.8 Å². The lowest BCUT2D eigenvalue weighted by atomic mass is 9.83. The highest BCUT2D eigenvalue weighted by atomic mass is 15.0. The molecule has 17 aromatic rings. The summed E-state index contributed by atoms with van der Waals surface area (Å²) in [7, 11) is 0. The van der Waals surface area contributed by atoms with Gasteiger partial charge in [-0.05, 0) is 135 Å². The minimum absolute atomic E-state index is 1.16. The molecular formula is C78H48N2. The largest absolute Gasteiger partial charge is 0.309 e. The number of nitrogens with zero attached hydrogens (tertiary/aromatic N) is 2. The fourth-order valence-corrected chi connectivity index (χ4v) is 14.0. The van der Waals surface area contributed by atoms with Crippen molar-refractivity contribution in [2.75, 3.05) is 0 Å². The molecule has 0 N–H and O–H groups in total. The summed E-state index contributed by atoms with van der Waals surface area (Å²) in [4.78, 5) is 0. The van der Waals surface area contributed by atoms with Crippen LogP contribution in [0, 0.1) is 0 Å². The summed E-state index contributed by atoms with van der Waals surface area (Å²) in [5.74, 6) is 0. The first-order valence-corrected chi connectivity index (χ1v) is 27.8. The van der Waals surface area contributed by atoms with E-state index in [0.717, 1.165) is 5.69 Å². The smallest absolute Gasteiger partial charge is 0.0619 e. The van der Waals surface area contributed by atoms with Gasteiger partial charge >= 0.3 is 0 Å². The standard InChI is InChI=1S/C78H48N2/c1-2-24-51(25-3-1)79-70-41-18-16-29-56(70)57-45-44-50(48-73(57)79)74-60-30-8-10-32-62(60)76(63-33-11-9-31-61(63)74)66-47-46-55(53-27-6-7-28-54(53)66)59-40-21-43-72-77(59)69-38-17-19-42-71(69)80(72)78-67-36-14-12-34-64(67)75(65-35-13-15-37-68(65)78)58-39-20-23-49-22-4-5-26-52(49)58/h1-48H. The molecule has 0 saturated carbocycles. The molecule has 0 saturated heterocycles. The Labute approximate surface area is 461 Å². The van der Waals surface area contributed by atoms with Crippen LogP contribution in [0.2, 0.25) is 0 Å². The summed E-state index contributed by atoms with van der Waals surface area (Å²) < 4.78 is 4.98. The molecule has 0 spiro atoms. The third kappa shape index (κ3) is 6.42. The molecule has 0 radical (unpaired) electrons. The van der Waals surface area contributed by atoms with Crippen LogP contribution in [0.15, 0.2) is 291 Å². The van der Waals surface area contributed by atoms with Crippen molar-refractivity contribution >= 4 is 108 Å². The molecule has 2 heteroatoms. The van der Waals surface area contributed by atoms with Crippen LogP contribution in [0.4, 0.5) is 0 Å². The fourth-order valence-electron chi connectivity index (χ4n) is 14.0. The number of benzene rings is 15. The molecule has 15 aromatic carbocycles. The number of para-hydroxylation sites is 3. The number of aromatic nitrogens is 2. The maximum atomic E-state index is 2.56. The molecule has 2 aromatic heterocycles. The topological polar surface area (TPSA) is 9.86 Å². The first-order valence-electron chi connectivity index (χ1n) is 27.8. The predicted octanol–water partition coefficient (Wildman–Crippen LogP) is 21.5. The number of hydrogen-bond donors (Lipinski definition) is 0. The van der Waals surface area contributed by atoms with Gasteiger partial charge in [0, 0.05) is 38.0 Å². The Morgan fingerprint density at radius 3 is 1.26 bits per heavy atom. The van der Waals surface area contributed by atoms with Gasteiger partial charge in [0.1, 0.15) is 0 Å². The zero-order valence-corrected chi connectivity index (χ0v) is 43.6. The van der Waals surface area contributed by atoms with Crippen molar-refractivity contribution in [1.29, 1.82) is 0 Å². The van der Waals surface area contributed by atoms with Crippen LogP contribution >= 0.6 is 0 Å². The van der Waals surface area contributed by atoms with Gasteiger partial charge in [-0.1, -0.05) is 255 Å². The summed E-state index contributed by atoms with van der Waals surface area (Å²) in [5.41, 5.74) is 17.0. The fraction of sp³-hybridized carbons (Fsp3) is 0. The van der Waals surface area contributed by atoms with E-state index in [4.69, 9.17) is 0 Å². The minimum Gasteiger partial charge on any atom is -0.309 e. The maximum Gasteiger partial charge on any atom is 0.0619 e. The Morgan fingerprint density at radius 2 is 0.613 bits per heavy atom. The van der Waals surface area contributed by atoms with E-state index in [2.05, 4.69) is 300 Å². The second kappa shape index (κ2) is 17.5. The summed E-state index contributed by atoms with van der Waals surface area (Å²) in [6.45, 7) is 0. The lowest BCUT2D eigenvalue weighted by Crippen LogP contribution is -1.99. The average Bonchev–Trinajstić information content (AvgIpc) is 4.20. The molecule has 0 amide bonds. The molecule has 0 fully saturated rings. The van der Waals surface area contributed by atoms with Crippen LogP contribution in [0.1, 0.15) is 0 Å². The Kier molecular flexibility index (Phi) is 9.75. The third-order valence-electron chi connectivity index (χ3n) is 17.3. The van der Waals surface area contributed by atoms with Gasteiger partial charge in [0.25, 0.3) is 0 Å². The molecule has 370 valence electrons. The van der Waals surface area contributed by atoms with Crippen LogP contribution < -0.4 is 0 Å². The Hall–Kier alpha value is -10.5. The second-order valence-electron chi connectivity index (χ2n) is 21.4. The first-order chi connectivity index (χ1) is 39.8. The van der Waals surface area contributed by atoms with E-state index in [0.29, 0.717) is 0 Å². The highest BCUT2D eigenvalue weighted by Gasteiger charge is 2.25. The Balaban J connectivity index is 0.887. The monoisotopic (exact) mass is 1010 g/mol. The van der Waals surface area contributed by atoms with Crippen molar-refractivity contribution in [3.63, 3.8) is 0 Å². The molecule has 0 unspecified atom stereocenters. The quantitative estimate of drug-likeness (QED) is 0.147. The molecule has 17 rings (SSSR count). The van der Waals surface area contributed by atoms with Gasteiger partial charge in [-0.15, -0.1) is 0 Å². The van der Waals surface area contributed by atoms with E-state index in [-0.39, 0.29) is 0 Å². The van der Waals surface area contributed by atoms with Crippen molar-refractivity contribution in [3.05, 3.63) is 291 Å². The number of rotatable bonds is 6. The number of hydrogen-bond acceptors (Lipinski definition) is 0. The minimum atomic E-state index is 1.16.